The number of aliphatic carboxylic acids is 1. The van der Waals surface area contributed by atoms with Crippen molar-refractivity contribution >= 4 is 21.8 Å². The summed E-state index contributed by atoms with van der Waals surface area (Å²) in [4.78, 5) is 22.4. The lowest BCUT2D eigenvalue weighted by Crippen LogP contribution is -2.44. The number of carboxylic acid groups (broad SMARTS) is 1. The minimum atomic E-state index is -2.99. The quantitative estimate of drug-likeness (QED) is 0.613. The van der Waals surface area contributed by atoms with Crippen LogP contribution in [0.15, 0.2) is 0 Å². The lowest BCUT2D eigenvalue weighted by Gasteiger charge is -2.26. The summed E-state index contributed by atoms with van der Waals surface area (Å²) in [5.74, 6) is -1.02. The first-order valence-electron chi connectivity index (χ1n) is 6.73. The van der Waals surface area contributed by atoms with Crippen molar-refractivity contribution < 1.29 is 23.1 Å². The number of carbonyl (C=O) groups excluding carboxylic acids is 1. The Hall–Kier alpha value is -1.31. The molecule has 0 aromatic carbocycles. The Morgan fingerprint density at radius 1 is 1.20 bits per heavy atom. The molecule has 0 radical (unpaired) electrons. The van der Waals surface area contributed by atoms with E-state index in [2.05, 4.69) is 10.6 Å². The molecule has 7 nitrogen and oxygen atoms in total. The number of amides is 2. The van der Waals surface area contributed by atoms with E-state index in [1.807, 2.05) is 0 Å². The molecule has 20 heavy (non-hydrogen) atoms. The van der Waals surface area contributed by atoms with Crippen molar-refractivity contribution in [1.29, 1.82) is 0 Å². The van der Waals surface area contributed by atoms with E-state index in [9.17, 15) is 18.0 Å². The molecule has 1 aliphatic rings. The van der Waals surface area contributed by atoms with E-state index in [0.717, 1.165) is 6.26 Å². The predicted octanol–water partition coefficient (Wildman–Crippen LogP) is 0.364. The third-order valence-corrected chi connectivity index (χ3v) is 4.42. The molecule has 8 heteroatoms. The number of carbonyl (C=O) groups is 2. The van der Waals surface area contributed by atoms with Crippen LogP contribution in [0.3, 0.4) is 0 Å². The molecule has 0 aromatic rings. The van der Waals surface area contributed by atoms with Crippen LogP contribution in [-0.4, -0.2) is 50.1 Å². The van der Waals surface area contributed by atoms with Gasteiger partial charge in [-0.25, -0.2) is 13.2 Å². The maximum atomic E-state index is 11.6. The Morgan fingerprint density at radius 2 is 1.80 bits per heavy atom. The van der Waals surface area contributed by atoms with E-state index in [1.165, 1.54) is 0 Å². The standard InChI is InChI=1S/C12H22N2O5S/c1-20(18,19)8-2-7-13-12(17)14-10-5-3-9(4-6-10)11(15)16/h9-10H,2-8H2,1H3,(H,15,16)(H2,13,14,17). The van der Waals surface area contributed by atoms with E-state index in [1.54, 1.807) is 0 Å². The van der Waals surface area contributed by atoms with Gasteiger partial charge in [-0.3, -0.25) is 4.79 Å². The highest BCUT2D eigenvalue weighted by molar-refractivity contribution is 7.90. The lowest BCUT2D eigenvalue weighted by molar-refractivity contribution is -0.142. The first-order valence-corrected chi connectivity index (χ1v) is 8.79. The molecule has 1 saturated carbocycles. The lowest BCUT2D eigenvalue weighted by atomic mass is 9.86. The molecule has 0 spiro atoms. The summed E-state index contributed by atoms with van der Waals surface area (Å²) < 4.78 is 21.8. The van der Waals surface area contributed by atoms with Crippen molar-refractivity contribution in [2.45, 2.75) is 38.1 Å². The molecule has 2 amide bonds. The molecular weight excluding hydrogens is 284 g/mol. The third kappa shape index (κ3) is 6.74. The number of hydrogen-bond acceptors (Lipinski definition) is 4. The molecule has 3 N–H and O–H groups in total. The molecule has 0 atom stereocenters. The molecule has 1 rings (SSSR count). The van der Waals surface area contributed by atoms with Gasteiger partial charge in [0, 0.05) is 18.8 Å². The number of rotatable bonds is 6. The van der Waals surface area contributed by atoms with Gasteiger partial charge in [0.1, 0.15) is 9.84 Å². The highest BCUT2D eigenvalue weighted by atomic mass is 32.2. The molecule has 1 aliphatic carbocycles. The Kier molecular flexibility index (Phi) is 6.25. The zero-order valence-electron chi connectivity index (χ0n) is 11.6. The van der Waals surface area contributed by atoms with Gasteiger partial charge in [-0.15, -0.1) is 0 Å². The summed E-state index contributed by atoms with van der Waals surface area (Å²) in [5, 5.41) is 14.3. The predicted molar refractivity (Wildman–Crippen MR) is 74.2 cm³/mol. The van der Waals surface area contributed by atoms with Gasteiger partial charge >= 0.3 is 12.0 Å². The minimum absolute atomic E-state index is 0.000470. The van der Waals surface area contributed by atoms with E-state index in [0.29, 0.717) is 38.6 Å². The van der Waals surface area contributed by atoms with Crippen LogP contribution in [0.1, 0.15) is 32.1 Å². The van der Waals surface area contributed by atoms with E-state index in [-0.39, 0.29) is 23.7 Å². The van der Waals surface area contributed by atoms with Crippen molar-refractivity contribution in [3.05, 3.63) is 0 Å². The number of urea groups is 1. The fourth-order valence-electron chi connectivity index (χ4n) is 2.26. The summed E-state index contributed by atoms with van der Waals surface area (Å²) in [6.07, 6.45) is 4.02. The third-order valence-electron chi connectivity index (χ3n) is 3.39. The zero-order chi connectivity index (χ0) is 15.2. The first-order chi connectivity index (χ1) is 9.28. The average molecular weight is 306 g/mol. The Balaban J connectivity index is 2.16. The van der Waals surface area contributed by atoms with Gasteiger partial charge in [0.05, 0.1) is 11.7 Å². The Morgan fingerprint density at radius 3 is 2.30 bits per heavy atom. The van der Waals surface area contributed by atoms with Crippen molar-refractivity contribution in [2.75, 3.05) is 18.6 Å². The van der Waals surface area contributed by atoms with Gasteiger partial charge in [0.15, 0.2) is 0 Å². The molecule has 116 valence electrons. The van der Waals surface area contributed by atoms with Crippen LogP contribution in [0.5, 0.6) is 0 Å². The topological polar surface area (TPSA) is 113 Å². The van der Waals surface area contributed by atoms with Crippen molar-refractivity contribution in [3.8, 4) is 0 Å². The maximum absolute atomic E-state index is 11.6. The fraction of sp³-hybridized carbons (Fsp3) is 0.833. The molecule has 0 aromatic heterocycles. The smallest absolute Gasteiger partial charge is 0.315 e. The number of nitrogens with one attached hydrogen (secondary N) is 2. The summed E-state index contributed by atoms with van der Waals surface area (Å²) in [6.45, 7) is 0.309. The van der Waals surface area contributed by atoms with Gasteiger partial charge < -0.3 is 15.7 Å². The van der Waals surface area contributed by atoms with E-state index >= 15 is 0 Å². The molecule has 1 fully saturated rings. The van der Waals surface area contributed by atoms with Crippen molar-refractivity contribution in [2.24, 2.45) is 5.92 Å². The summed E-state index contributed by atoms with van der Waals surface area (Å²) in [5.41, 5.74) is 0. The average Bonchev–Trinajstić information content (AvgIpc) is 2.34. The molecule has 0 heterocycles. The van der Waals surface area contributed by atoms with Crippen LogP contribution in [0.4, 0.5) is 4.79 Å². The largest absolute Gasteiger partial charge is 0.481 e. The number of carboxylic acids is 1. The van der Waals surface area contributed by atoms with Gasteiger partial charge in [-0.05, 0) is 32.1 Å². The van der Waals surface area contributed by atoms with E-state index < -0.39 is 15.8 Å². The van der Waals surface area contributed by atoms with Crippen LogP contribution in [0.25, 0.3) is 0 Å². The zero-order valence-corrected chi connectivity index (χ0v) is 12.4. The normalized spacial score (nSPS) is 23.1. The number of hydrogen-bond donors (Lipinski definition) is 3. The minimum Gasteiger partial charge on any atom is -0.481 e. The van der Waals surface area contributed by atoms with Crippen LogP contribution in [0.2, 0.25) is 0 Å². The van der Waals surface area contributed by atoms with Gasteiger partial charge in [-0.2, -0.15) is 0 Å². The van der Waals surface area contributed by atoms with Crippen LogP contribution in [-0.2, 0) is 14.6 Å². The fourth-order valence-corrected chi connectivity index (χ4v) is 2.93. The Labute approximate surface area is 119 Å². The van der Waals surface area contributed by atoms with E-state index in [4.69, 9.17) is 5.11 Å². The first kappa shape index (κ1) is 16.7. The SMILES string of the molecule is CS(=O)(=O)CCCNC(=O)NC1CCC(C(=O)O)CC1. The van der Waals surface area contributed by atoms with Crippen molar-refractivity contribution in [1.82, 2.24) is 10.6 Å². The monoisotopic (exact) mass is 306 g/mol. The molecule has 0 unspecified atom stereocenters. The second-order valence-corrected chi connectivity index (χ2v) is 7.53. The van der Waals surface area contributed by atoms with Crippen molar-refractivity contribution in [3.63, 3.8) is 0 Å². The number of sulfone groups is 1. The second kappa shape index (κ2) is 7.47. The molecular formula is C12H22N2O5S. The maximum Gasteiger partial charge on any atom is 0.315 e. The molecule has 0 aliphatic heterocycles. The van der Waals surface area contributed by atoms with Gasteiger partial charge in [-0.1, -0.05) is 0 Å². The summed E-state index contributed by atoms with van der Waals surface area (Å²) >= 11 is 0. The molecule has 0 saturated heterocycles. The highest BCUT2D eigenvalue weighted by Crippen LogP contribution is 2.24. The Bertz CT molecular complexity index is 441. The summed E-state index contributed by atoms with van der Waals surface area (Å²) in [6, 6.07) is -0.321. The molecule has 0 bridgehead atoms. The second-order valence-electron chi connectivity index (χ2n) is 5.27. The van der Waals surface area contributed by atoms with Crippen LogP contribution >= 0.6 is 0 Å². The van der Waals surface area contributed by atoms with Crippen LogP contribution in [0, 0.1) is 5.92 Å². The summed E-state index contributed by atoms with van der Waals surface area (Å²) in [7, 11) is -2.99. The van der Waals surface area contributed by atoms with Crippen LogP contribution < -0.4 is 10.6 Å². The highest BCUT2D eigenvalue weighted by Gasteiger charge is 2.26. The van der Waals surface area contributed by atoms with Gasteiger partial charge in [0.25, 0.3) is 0 Å². The van der Waals surface area contributed by atoms with Gasteiger partial charge in [0.2, 0.25) is 0 Å².